The Morgan fingerprint density at radius 3 is 3.18 bits per heavy atom. The lowest BCUT2D eigenvalue weighted by molar-refractivity contribution is 0.238. The molecule has 1 aromatic rings. The van der Waals surface area contributed by atoms with E-state index in [2.05, 4.69) is 27.3 Å². The van der Waals surface area contributed by atoms with E-state index < -0.39 is 0 Å². The minimum Gasteiger partial charge on any atom is -0.338 e. The zero-order valence-electron chi connectivity index (χ0n) is 10.6. The molecular weight excluding hydrogens is 216 g/mol. The van der Waals surface area contributed by atoms with E-state index in [9.17, 15) is 0 Å². The van der Waals surface area contributed by atoms with Crippen LogP contribution in [0.4, 0.5) is 0 Å². The molecule has 17 heavy (non-hydrogen) atoms. The summed E-state index contributed by atoms with van der Waals surface area (Å²) in [4.78, 5) is 6.80. The fourth-order valence-electron chi connectivity index (χ4n) is 2.04. The summed E-state index contributed by atoms with van der Waals surface area (Å²) in [6, 6.07) is 0. The summed E-state index contributed by atoms with van der Waals surface area (Å²) in [5, 5.41) is 7.40. The maximum absolute atomic E-state index is 5.28. The summed E-state index contributed by atoms with van der Waals surface area (Å²) in [5.41, 5.74) is 0. The van der Waals surface area contributed by atoms with Crippen LogP contribution in [0.3, 0.4) is 0 Å². The quantitative estimate of drug-likeness (QED) is 0.835. The van der Waals surface area contributed by atoms with Crippen molar-refractivity contribution >= 4 is 0 Å². The van der Waals surface area contributed by atoms with Crippen LogP contribution < -0.4 is 5.32 Å². The molecular formula is C12H22N4O. The summed E-state index contributed by atoms with van der Waals surface area (Å²) in [7, 11) is 0. The van der Waals surface area contributed by atoms with Gasteiger partial charge in [0.25, 0.3) is 0 Å². The fourth-order valence-corrected chi connectivity index (χ4v) is 2.04. The molecule has 2 heterocycles. The van der Waals surface area contributed by atoms with Crippen molar-refractivity contribution in [3.05, 3.63) is 11.7 Å². The molecule has 5 heteroatoms. The molecule has 1 aliphatic rings. The SMILES string of the molecule is CCCCc1noc(CN2CCCNCC2)n1. The van der Waals surface area contributed by atoms with Crippen LogP contribution in [-0.2, 0) is 13.0 Å². The van der Waals surface area contributed by atoms with Crippen LogP contribution in [0.15, 0.2) is 4.52 Å². The maximum atomic E-state index is 5.28. The third-order valence-electron chi connectivity index (χ3n) is 3.06. The van der Waals surface area contributed by atoms with Gasteiger partial charge in [-0.3, -0.25) is 4.90 Å². The molecule has 0 spiro atoms. The van der Waals surface area contributed by atoms with E-state index in [0.29, 0.717) is 0 Å². The Bertz CT molecular complexity index is 318. The monoisotopic (exact) mass is 238 g/mol. The van der Waals surface area contributed by atoms with Crippen LogP contribution in [0.1, 0.15) is 37.9 Å². The van der Waals surface area contributed by atoms with Crippen molar-refractivity contribution in [3.8, 4) is 0 Å². The van der Waals surface area contributed by atoms with Crippen LogP contribution in [0.25, 0.3) is 0 Å². The number of nitrogens with zero attached hydrogens (tertiary/aromatic N) is 3. The second kappa shape index (κ2) is 6.71. The molecule has 1 saturated heterocycles. The maximum Gasteiger partial charge on any atom is 0.240 e. The van der Waals surface area contributed by atoms with Crippen molar-refractivity contribution in [1.82, 2.24) is 20.4 Å². The lowest BCUT2D eigenvalue weighted by Crippen LogP contribution is -2.27. The fraction of sp³-hybridized carbons (Fsp3) is 0.833. The Kier molecular flexibility index (Phi) is 4.94. The van der Waals surface area contributed by atoms with Crippen molar-refractivity contribution in [2.24, 2.45) is 0 Å². The highest BCUT2D eigenvalue weighted by molar-refractivity contribution is 4.87. The molecule has 0 aromatic carbocycles. The first-order valence-electron chi connectivity index (χ1n) is 6.63. The van der Waals surface area contributed by atoms with Gasteiger partial charge in [0.15, 0.2) is 5.82 Å². The predicted molar refractivity (Wildman–Crippen MR) is 65.7 cm³/mol. The lowest BCUT2D eigenvalue weighted by atomic mass is 10.2. The minimum atomic E-state index is 0.762. The summed E-state index contributed by atoms with van der Waals surface area (Å²) < 4.78 is 5.28. The third kappa shape index (κ3) is 4.09. The molecule has 1 N–H and O–H groups in total. The molecule has 1 fully saturated rings. The van der Waals surface area contributed by atoms with Gasteiger partial charge in [0.2, 0.25) is 5.89 Å². The molecule has 0 radical (unpaired) electrons. The van der Waals surface area contributed by atoms with E-state index in [1.54, 1.807) is 0 Å². The van der Waals surface area contributed by atoms with Gasteiger partial charge in [0, 0.05) is 19.5 Å². The Balaban J connectivity index is 1.82. The summed E-state index contributed by atoms with van der Waals surface area (Å²) in [6.07, 6.45) is 4.42. The van der Waals surface area contributed by atoms with Crippen molar-refractivity contribution in [3.63, 3.8) is 0 Å². The van der Waals surface area contributed by atoms with Crippen molar-refractivity contribution in [2.45, 2.75) is 39.2 Å². The summed E-state index contributed by atoms with van der Waals surface area (Å²) in [5.74, 6) is 1.62. The Morgan fingerprint density at radius 2 is 2.29 bits per heavy atom. The molecule has 96 valence electrons. The van der Waals surface area contributed by atoms with Gasteiger partial charge in [-0.05, 0) is 25.9 Å². The van der Waals surface area contributed by atoms with Crippen LogP contribution in [-0.4, -0.2) is 41.2 Å². The van der Waals surface area contributed by atoms with E-state index in [1.165, 1.54) is 12.8 Å². The number of aromatic nitrogens is 2. The Labute approximate surface area is 103 Å². The van der Waals surface area contributed by atoms with E-state index >= 15 is 0 Å². The number of hydrogen-bond donors (Lipinski definition) is 1. The smallest absolute Gasteiger partial charge is 0.240 e. The van der Waals surface area contributed by atoms with Gasteiger partial charge in [-0.2, -0.15) is 4.98 Å². The number of unbranched alkanes of at least 4 members (excludes halogenated alkanes) is 1. The zero-order valence-corrected chi connectivity index (χ0v) is 10.6. The molecule has 1 aromatic heterocycles. The minimum absolute atomic E-state index is 0.762. The zero-order chi connectivity index (χ0) is 11.9. The van der Waals surface area contributed by atoms with Crippen LogP contribution in [0.5, 0.6) is 0 Å². The first-order valence-corrected chi connectivity index (χ1v) is 6.63. The van der Waals surface area contributed by atoms with Crippen molar-refractivity contribution in [2.75, 3.05) is 26.2 Å². The molecule has 0 bridgehead atoms. The van der Waals surface area contributed by atoms with Crippen LogP contribution in [0.2, 0.25) is 0 Å². The molecule has 2 rings (SSSR count). The highest BCUT2D eigenvalue weighted by atomic mass is 16.5. The van der Waals surface area contributed by atoms with Gasteiger partial charge in [0.05, 0.1) is 6.54 Å². The predicted octanol–water partition coefficient (Wildman–Crippen LogP) is 1.21. The normalized spacial score (nSPS) is 18.2. The number of aryl methyl sites for hydroxylation is 1. The third-order valence-corrected chi connectivity index (χ3v) is 3.06. The van der Waals surface area contributed by atoms with E-state index in [0.717, 1.165) is 57.3 Å². The highest BCUT2D eigenvalue weighted by Gasteiger charge is 2.13. The standard InChI is InChI=1S/C12H22N4O/c1-2-3-5-11-14-12(17-15-11)10-16-8-4-6-13-7-9-16/h13H,2-10H2,1H3. The van der Waals surface area contributed by atoms with Crippen LogP contribution >= 0.6 is 0 Å². The van der Waals surface area contributed by atoms with Gasteiger partial charge in [0.1, 0.15) is 0 Å². The first-order chi connectivity index (χ1) is 8.38. The molecule has 1 aliphatic heterocycles. The van der Waals surface area contributed by atoms with Gasteiger partial charge in [-0.1, -0.05) is 18.5 Å². The molecule has 0 amide bonds. The lowest BCUT2D eigenvalue weighted by Gasteiger charge is -2.16. The molecule has 0 atom stereocenters. The van der Waals surface area contributed by atoms with Gasteiger partial charge in [-0.15, -0.1) is 0 Å². The molecule has 0 saturated carbocycles. The van der Waals surface area contributed by atoms with Gasteiger partial charge >= 0.3 is 0 Å². The summed E-state index contributed by atoms with van der Waals surface area (Å²) in [6.45, 7) is 7.30. The van der Waals surface area contributed by atoms with E-state index in [4.69, 9.17) is 4.52 Å². The van der Waals surface area contributed by atoms with Crippen molar-refractivity contribution in [1.29, 1.82) is 0 Å². The Morgan fingerprint density at radius 1 is 1.35 bits per heavy atom. The van der Waals surface area contributed by atoms with Crippen LogP contribution in [0, 0.1) is 0 Å². The van der Waals surface area contributed by atoms with Gasteiger partial charge in [-0.25, -0.2) is 0 Å². The first kappa shape index (κ1) is 12.5. The number of nitrogens with one attached hydrogen (secondary N) is 1. The summed E-state index contributed by atoms with van der Waals surface area (Å²) >= 11 is 0. The van der Waals surface area contributed by atoms with Gasteiger partial charge < -0.3 is 9.84 Å². The number of rotatable bonds is 5. The largest absolute Gasteiger partial charge is 0.338 e. The highest BCUT2D eigenvalue weighted by Crippen LogP contribution is 2.06. The second-order valence-corrected chi connectivity index (χ2v) is 4.59. The van der Waals surface area contributed by atoms with E-state index in [1.807, 2.05) is 0 Å². The molecule has 5 nitrogen and oxygen atoms in total. The van der Waals surface area contributed by atoms with E-state index in [-0.39, 0.29) is 0 Å². The second-order valence-electron chi connectivity index (χ2n) is 4.59. The average molecular weight is 238 g/mol. The number of hydrogen-bond acceptors (Lipinski definition) is 5. The molecule has 0 aliphatic carbocycles. The van der Waals surface area contributed by atoms with Crippen molar-refractivity contribution < 1.29 is 4.52 Å². The Hall–Kier alpha value is -0.940. The average Bonchev–Trinajstić information content (AvgIpc) is 2.61. The molecule has 0 unspecified atom stereocenters. The topological polar surface area (TPSA) is 54.2 Å².